The van der Waals surface area contributed by atoms with Crippen molar-refractivity contribution in [1.82, 2.24) is 0 Å². The molecule has 0 aromatic carbocycles. The molecule has 0 spiro atoms. The zero-order valence-electron chi connectivity index (χ0n) is 5.72. The van der Waals surface area contributed by atoms with Crippen molar-refractivity contribution >= 4 is 33.9 Å². The Morgan fingerprint density at radius 1 is 1.78 bits per heavy atom. The normalized spacial score (nSPS) is 8.67. The van der Waals surface area contributed by atoms with E-state index in [0.29, 0.717) is 6.61 Å². The van der Waals surface area contributed by atoms with Crippen LogP contribution in [0.4, 0.5) is 0 Å². The topological polar surface area (TPSA) is 26.3 Å². The van der Waals surface area contributed by atoms with E-state index < -0.39 is 0 Å². The molecule has 0 aliphatic heterocycles. The van der Waals surface area contributed by atoms with Gasteiger partial charge in [-0.15, -0.1) is 0 Å². The first-order valence-corrected chi connectivity index (χ1v) is 4.52. The summed E-state index contributed by atoms with van der Waals surface area (Å²) in [6.07, 6.45) is 2.18. The van der Waals surface area contributed by atoms with Crippen molar-refractivity contribution in [3.63, 3.8) is 0 Å². The SMILES string of the molecule is C=CC(=O)OCC[CH2][Na]. The predicted molar refractivity (Wildman–Crippen MR) is 36.3 cm³/mol. The van der Waals surface area contributed by atoms with E-state index in [4.69, 9.17) is 4.74 Å². The van der Waals surface area contributed by atoms with Gasteiger partial charge in [0.25, 0.3) is 0 Å². The fourth-order valence-electron chi connectivity index (χ4n) is 0.376. The number of esters is 1. The summed E-state index contributed by atoms with van der Waals surface area (Å²) in [5, 5.41) is 0. The molecule has 0 saturated carbocycles. The molecule has 0 aliphatic carbocycles. The molecule has 0 heterocycles. The Kier molecular flexibility index (Phi) is 6.48. The van der Waals surface area contributed by atoms with Crippen LogP contribution in [0, 0.1) is 0 Å². The molecule has 0 aromatic heterocycles. The summed E-state index contributed by atoms with van der Waals surface area (Å²) >= 11 is 1.18. The van der Waals surface area contributed by atoms with Crippen LogP contribution in [0.2, 0.25) is 3.67 Å². The van der Waals surface area contributed by atoms with Crippen LogP contribution < -0.4 is 0 Å². The first-order valence-electron chi connectivity index (χ1n) is 3.10. The van der Waals surface area contributed by atoms with Crippen molar-refractivity contribution in [1.29, 1.82) is 0 Å². The van der Waals surface area contributed by atoms with Crippen molar-refractivity contribution in [2.75, 3.05) is 6.61 Å². The van der Waals surface area contributed by atoms with Gasteiger partial charge in [-0.2, -0.15) is 0 Å². The van der Waals surface area contributed by atoms with Gasteiger partial charge < -0.3 is 0 Å². The van der Waals surface area contributed by atoms with Gasteiger partial charge in [-0.1, -0.05) is 0 Å². The third-order valence-corrected chi connectivity index (χ3v) is 1.62. The minimum atomic E-state index is -0.315. The van der Waals surface area contributed by atoms with Gasteiger partial charge in [-0.25, -0.2) is 0 Å². The van der Waals surface area contributed by atoms with E-state index in [0.717, 1.165) is 6.42 Å². The van der Waals surface area contributed by atoms with Gasteiger partial charge in [0.15, 0.2) is 0 Å². The first kappa shape index (κ1) is 9.21. The van der Waals surface area contributed by atoms with Gasteiger partial charge in [-0.3, -0.25) is 0 Å². The molecule has 0 rings (SSSR count). The average Bonchev–Trinajstić information content (AvgIpc) is 1.89. The second-order valence-electron chi connectivity index (χ2n) is 1.73. The van der Waals surface area contributed by atoms with Crippen LogP contribution >= 0.6 is 0 Å². The first-order chi connectivity index (χ1) is 4.31. The summed E-state index contributed by atoms with van der Waals surface area (Å²) in [6, 6.07) is 0. The zero-order chi connectivity index (χ0) is 7.11. The molecular formula is C6H9NaO2. The molecule has 0 bridgehead atoms. The van der Waals surface area contributed by atoms with Crippen LogP contribution in [-0.4, -0.2) is 40.5 Å². The Morgan fingerprint density at radius 3 is 2.89 bits per heavy atom. The monoisotopic (exact) mass is 136 g/mol. The van der Waals surface area contributed by atoms with E-state index in [1.807, 2.05) is 0 Å². The number of ether oxygens (including phenoxy) is 1. The Hall–Kier alpha value is 0.210. The zero-order valence-corrected chi connectivity index (χ0v) is 7.72. The van der Waals surface area contributed by atoms with Gasteiger partial charge in [-0.05, 0) is 0 Å². The van der Waals surface area contributed by atoms with Gasteiger partial charge >= 0.3 is 72.8 Å². The summed E-state index contributed by atoms with van der Waals surface area (Å²) < 4.78 is 5.88. The molecule has 0 N–H and O–H groups in total. The fourth-order valence-corrected chi connectivity index (χ4v) is 0.665. The van der Waals surface area contributed by atoms with Crippen LogP contribution in [0.5, 0.6) is 0 Å². The van der Waals surface area contributed by atoms with Crippen LogP contribution in [0.1, 0.15) is 6.42 Å². The summed E-state index contributed by atoms with van der Waals surface area (Å²) in [4.78, 5) is 10.4. The van der Waals surface area contributed by atoms with E-state index >= 15 is 0 Å². The van der Waals surface area contributed by atoms with E-state index in [2.05, 4.69) is 6.58 Å². The third kappa shape index (κ3) is 6.09. The van der Waals surface area contributed by atoms with Crippen LogP contribution in [0.25, 0.3) is 0 Å². The maximum absolute atomic E-state index is 10.4. The molecular weight excluding hydrogens is 127 g/mol. The molecule has 9 heavy (non-hydrogen) atoms. The summed E-state index contributed by atoms with van der Waals surface area (Å²) in [7, 11) is 0. The van der Waals surface area contributed by atoms with E-state index in [9.17, 15) is 4.79 Å². The number of hydrogen-bond acceptors (Lipinski definition) is 2. The van der Waals surface area contributed by atoms with Crippen molar-refractivity contribution < 1.29 is 9.53 Å². The molecule has 0 radical (unpaired) electrons. The van der Waals surface area contributed by atoms with E-state index in [1.165, 1.54) is 37.7 Å². The third-order valence-electron chi connectivity index (χ3n) is 0.909. The molecule has 3 heteroatoms. The van der Waals surface area contributed by atoms with Crippen molar-refractivity contribution in [2.45, 2.75) is 10.1 Å². The molecule has 0 unspecified atom stereocenters. The van der Waals surface area contributed by atoms with Gasteiger partial charge in [0.05, 0.1) is 0 Å². The predicted octanol–water partition coefficient (Wildman–Crippen LogP) is 0.692. The van der Waals surface area contributed by atoms with Crippen LogP contribution in [-0.2, 0) is 9.53 Å². The summed E-state index contributed by atoms with van der Waals surface area (Å²) in [6.45, 7) is 3.82. The Morgan fingerprint density at radius 2 is 2.44 bits per heavy atom. The number of hydrogen-bond donors (Lipinski definition) is 0. The molecule has 0 aromatic rings. The molecule has 0 saturated heterocycles. The van der Waals surface area contributed by atoms with Crippen molar-refractivity contribution in [3.8, 4) is 0 Å². The van der Waals surface area contributed by atoms with Crippen LogP contribution in [0.15, 0.2) is 12.7 Å². The quantitative estimate of drug-likeness (QED) is 0.246. The van der Waals surface area contributed by atoms with Gasteiger partial charge in [0, 0.05) is 0 Å². The van der Waals surface area contributed by atoms with Gasteiger partial charge in [0.2, 0.25) is 0 Å². The summed E-state index contributed by atoms with van der Waals surface area (Å²) in [5.74, 6) is -0.315. The maximum atomic E-state index is 10.4. The van der Waals surface area contributed by atoms with Crippen LogP contribution in [0.3, 0.4) is 0 Å². The van der Waals surface area contributed by atoms with Crippen molar-refractivity contribution in [3.05, 3.63) is 12.7 Å². The molecule has 0 fully saturated rings. The molecule has 46 valence electrons. The molecule has 2 nitrogen and oxygen atoms in total. The Bertz CT molecular complexity index is 101. The average molecular weight is 136 g/mol. The number of carbonyl (C=O) groups is 1. The van der Waals surface area contributed by atoms with E-state index in [-0.39, 0.29) is 5.97 Å². The van der Waals surface area contributed by atoms with Gasteiger partial charge in [0.1, 0.15) is 0 Å². The van der Waals surface area contributed by atoms with E-state index in [1.54, 1.807) is 0 Å². The molecule has 0 amide bonds. The minimum absolute atomic E-state index is 0.315. The molecule has 0 atom stereocenters. The Balaban J connectivity index is 3.07. The Labute approximate surface area is 72.7 Å². The summed E-state index contributed by atoms with van der Waals surface area (Å²) in [5.41, 5.74) is 0. The number of carbonyl (C=O) groups excluding carboxylic acids is 1. The van der Waals surface area contributed by atoms with Crippen molar-refractivity contribution in [2.24, 2.45) is 0 Å². The number of rotatable bonds is 4. The second-order valence-corrected chi connectivity index (χ2v) is 2.73. The standard InChI is InChI=1S/C6H9O2.Na/c1-3-5-8-6(7)4-2;/h4H,1-3,5H2;. The second kappa shape index (κ2) is 6.33. The fraction of sp³-hybridized carbons (Fsp3) is 0.500. The molecule has 0 aliphatic rings.